The number of carbonyl (C=O) groups excluding carboxylic acids is 1. The number of aliphatic hydroxyl groups is 1. The Labute approximate surface area is 137 Å². The number of amides is 1. The van der Waals surface area contributed by atoms with Gasteiger partial charge in [0, 0.05) is 23.4 Å². The van der Waals surface area contributed by atoms with Crippen LogP contribution in [0, 0.1) is 10.1 Å². The molecule has 0 aromatic heterocycles. The summed E-state index contributed by atoms with van der Waals surface area (Å²) in [5.41, 5.74) is 1.50. The zero-order valence-electron chi connectivity index (χ0n) is 11.9. The van der Waals surface area contributed by atoms with Crippen LogP contribution in [0.2, 0.25) is 0 Å². The van der Waals surface area contributed by atoms with E-state index in [4.69, 9.17) is 17.3 Å². The lowest BCUT2D eigenvalue weighted by molar-refractivity contribution is -0.384. The van der Waals surface area contributed by atoms with Gasteiger partial charge in [0.05, 0.1) is 11.5 Å². The van der Waals surface area contributed by atoms with Crippen molar-refractivity contribution in [2.75, 3.05) is 5.32 Å². The molecule has 2 aromatic rings. The van der Waals surface area contributed by atoms with E-state index in [1.165, 1.54) is 24.3 Å². The average molecular weight is 331 g/mol. The Morgan fingerprint density at radius 2 is 1.91 bits per heavy atom. The monoisotopic (exact) mass is 331 g/mol. The second-order valence-corrected chi connectivity index (χ2v) is 4.98. The second kappa shape index (κ2) is 7.43. The van der Waals surface area contributed by atoms with Gasteiger partial charge in [-0.15, -0.1) is 0 Å². The molecule has 118 valence electrons. The van der Waals surface area contributed by atoms with E-state index in [0.717, 1.165) is 0 Å². The molecule has 0 saturated carbocycles. The number of nitro groups is 1. The topological polar surface area (TPSA) is 104 Å². The molecule has 0 saturated heterocycles. The molecule has 7 nitrogen and oxygen atoms in total. The standard InChI is InChI=1S/C15H13N3O4S/c19-9-10-2-1-3-12(8-10)16-15(23)17-14(20)11-4-6-13(7-5-11)18(21)22/h1-8,19H,9H2,(H2,16,17,20,23). The van der Waals surface area contributed by atoms with Gasteiger partial charge in [-0.25, -0.2) is 0 Å². The number of hydrogen-bond donors (Lipinski definition) is 3. The fourth-order valence-corrected chi connectivity index (χ4v) is 2.03. The first-order chi connectivity index (χ1) is 11.0. The molecule has 0 aliphatic carbocycles. The number of rotatable bonds is 4. The van der Waals surface area contributed by atoms with Crippen molar-refractivity contribution in [2.45, 2.75) is 6.61 Å². The maximum atomic E-state index is 12.0. The van der Waals surface area contributed by atoms with Gasteiger partial charge >= 0.3 is 0 Å². The van der Waals surface area contributed by atoms with Crippen molar-refractivity contribution < 1.29 is 14.8 Å². The van der Waals surface area contributed by atoms with Gasteiger partial charge in [-0.05, 0) is 42.0 Å². The minimum atomic E-state index is -0.540. The van der Waals surface area contributed by atoms with E-state index in [1.54, 1.807) is 24.3 Å². The highest BCUT2D eigenvalue weighted by atomic mass is 32.1. The molecule has 0 unspecified atom stereocenters. The molecule has 23 heavy (non-hydrogen) atoms. The molecule has 2 rings (SSSR count). The zero-order valence-corrected chi connectivity index (χ0v) is 12.7. The highest BCUT2D eigenvalue weighted by Crippen LogP contribution is 2.12. The zero-order chi connectivity index (χ0) is 16.8. The summed E-state index contributed by atoms with van der Waals surface area (Å²) in [6, 6.07) is 12.1. The lowest BCUT2D eigenvalue weighted by Gasteiger charge is -2.10. The van der Waals surface area contributed by atoms with Gasteiger partial charge < -0.3 is 10.4 Å². The lowest BCUT2D eigenvalue weighted by Crippen LogP contribution is -2.34. The van der Waals surface area contributed by atoms with Gasteiger partial charge in [0.25, 0.3) is 11.6 Å². The number of thiocarbonyl (C=S) groups is 1. The van der Waals surface area contributed by atoms with E-state index >= 15 is 0 Å². The van der Waals surface area contributed by atoms with E-state index in [2.05, 4.69) is 10.6 Å². The SMILES string of the molecule is O=C(NC(=S)Nc1cccc(CO)c1)c1ccc([N+](=O)[O-])cc1. The Morgan fingerprint density at radius 3 is 2.52 bits per heavy atom. The van der Waals surface area contributed by atoms with E-state index in [-0.39, 0.29) is 23.0 Å². The van der Waals surface area contributed by atoms with Gasteiger partial charge in [0.15, 0.2) is 5.11 Å². The first kappa shape index (κ1) is 16.5. The normalized spacial score (nSPS) is 9.96. The van der Waals surface area contributed by atoms with Crippen LogP contribution >= 0.6 is 12.2 Å². The Balaban J connectivity index is 1.98. The number of nitrogens with one attached hydrogen (secondary N) is 2. The van der Waals surface area contributed by atoms with Gasteiger partial charge in [-0.2, -0.15) is 0 Å². The predicted octanol–water partition coefficient (Wildman–Crippen LogP) is 2.21. The fourth-order valence-electron chi connectivity index (χ4n) is 1.82. The first-order valence-corrected chi connectivity index (χ1v) is 6.97. The largest absolute Gasteiger partial charge is 0.392 e. The maximum absolute atomic E-state index is 12.0. The summed E-state index contributed by atoms with van der Waals surface area (Å²) in [5.74, 6) is -0.476. The van der Waals surface area contributed by atoms with Crippen molar-refractivity contribution in [3.05, 3.63) is 69.8 Å². The third kappa shape index (κ3) is 4.56. The van der Waals surface area contributed by atoms with E-state index < -0.39 is 10.8 Å². The molecule has 3 N–H and O–H groups in total. The van der Waals surface area contributed by atoms with Crippen molar-refractivity contribution in [2.24, 2.45) is 0 Å². The second-order valence-electron chi connectivity index (χ2n) is 4.57. The van der Waals surface area contributed by atoms with Crippen molar-refractivity contribution in [3.63, 3.8) is 0 Å². The van der Waals surface area contributed by atoms with Gasteiger partial charge in [0.1, 0.15) is 0 Å². The molecule has 0 radical (unpaired) electrons. The third-order valence-corrected chi connectivity index (χ3v) is 3.14. The number of nitrogens with zero attached hydrogens (tertiary/aromatic N) is 1. The number of non-ortho nitro benzene ring substituents is 1. The van der Waals surface area contributed by atoms with Crippen LogP contribution in [0.1, 0.15) is 15.9 Å². The first-order valence-electron chi connectivity index (χ1n) is 6.56. The molecule has 0 aliphatic rings. The number of benzene rings is 2. The lowest BCUT2D eigenvalue weighted by atomic mass is 10.2. The Bertz CT molecular complexity index is 747. The van der Waals surface area contributed by atoms with E-state index in [0.29, 0.717) is 11.3 Å². The van der Waals surface area contributed by atoms with Crippen LogP contribution in [0.5, 0.6) is 0 Å². The molecule has 0 fully saturated rings. The van der Waals surface area contributed by atoms with Crippen molar-refractivity contribution in [1.82, 2.24) is 5.32 Å². The summed E-state index contributed by atoms with van der Waals surface area (Å²) in [4.78, 5) is 22.0. The van der Waals surface area contributed by atoms with Gasteiger partial charge in [-0.1, -0.05) is 12.1 Å². The van der Waals surface area contributed by atoms with Crippen molar-refractivity contribution in [3.8, 4) is 0 Å². The summed E-state index contributed by atoms with van der Waals surface area (Å²) in [6.45, 7) is -0.0998. The summed E-state index contributed by atoms with van der Waals surface area (Å²) in [7, 11) is 0. The summed E-state index contributed by atoms with van der Waals surface area (Å²) < 4.78 is 0. The summed E-state index contributed by atoms with van der Waals surface area (Å²) in [5, 5.41) is 25.0. The minimum absolute atomic E-state index is 0.0865. The highest BCUT2D eigenvalue weighted by molar-refractivity contribution is 7.80. The minimum Gasteiger partial charge on any atom is -0.392 e. The number of anilines is 1. The summed E-state index contributed by atoms with van der Waals surface area (Å²) >= 11 is 5.05. The number of nitro benzene ring substituents is 1. The van der Waals surface area contributed by atoms with Gasteiger partial charge in [-0.3, -0.25) is 20.2 Å². The van der Waals surface area contributed by atoms with E-state index in [1.807, 2.05) is 0 Å². The molecular formula is C15H13N3O4S. The number of aliphatic hydroxyl groups excluding tert-OH is 1. The van der Waals surface area contributed by atoms with Crippen LogP contribution in [-0.4, -0.2) is 21.0 Å². The van der Waals surface area contributed by atoms with Crippen LogP contribution in [0.3, 0.4) is 0 Å². The molecule has 0 atom stereocenters. The molecule has 0 spiro atoms. The highest BCUT2D eigenvalue weighted by Gasteiger charge is 2.11. The molecule has 0 aliphatic heterocycles. The average Bonchev–Trinajstić information content (AvgIpc) is 2.54. The third-order valence-electron chi connectivity index (χ3n) is 2.93. The van der Waals surface area contributed by atoms with Crippen LogP contribution in [0.4, 0.5) is 11.4 Å². The molecule has 1 amide bonds. The predicted molar refractivity (Wildman–Crippen MR) is 89.1 cm³/mol. The van der Waals surface area contributed by atoms with Crippen LogP contribution in [-0.2, 0) is 6.61 Å². The molecule has 8 heteroatoms. The van der Waals surface area contributed by atoms with E-state index in [9.17, 15) is 14.9 Å². The molecule has 2 aromatic carbocycles. The van der Waals surface area contributed by atoms with Crippen LogP contribution < -0.4 is 10.6 Å². The number of hydrogen-bond acceptors (Lipinski definition) is 5. The van der Waals surface area contributed by atoms with Crippen LogP contribution in [0.25, 0.3) is 0 Å². The van der Waals surface area contributed by atoms with Crippen molar-refractivity contribution in [1.29, 1.82) is 0 Å². The quantitative estimate of drug-likeness (QED) is 0.451. The smallest absolute Gasteiger partial charge is 0.269 e. The fraction of sp³-hybridized carbons (Fsp3) is 0.0667. The Morgan fingerprint density at radius 1 is 1.22 bits per heavy atom. The maximum Gasteiger partial charge on any atom is 0.269 e. The molecular weight excluding hydrogens is 318 g/mol. The Kier molecular flexibility index (Phi) is 5.34. The molecule has 0 heterocycles. The van der Waals surface area contributed by atoms with Crippen LogP contribution in [0.15, 0.2) is 48.5 Å². The number of carbonyl (C=O) groups is 1. The van der Waals surface area contributed by atoms with Crippen molar-refractivity contribution >= 4 is 34.6 Å². The van der Waals surface area contributed by atoms with Gasteiger partial charge in [0.2, 0.25) is 0 Å². The molecule has 0 bridgehead atoms. The summed E-state index contributed by atoms with van der Waals surface area (Å²) in [6.07, 6.45) is 0. The Hall–Kier alpha value is -2.84.